The molecule has 0 spiro atoms. The van der Waals surface area contributed by atoms with Gasteiger partial charge in [0.1, 0.15) is 11.6 Å². The van der Waals surface area contributed by atoms with E-state index in [1.54, 1.807) is 30.5 Å². The molecule has 0 bridgehead atoms. The second-order valence-corrected chi connectivity index (χ2v) is 9.07. The standard InChI is InChI=1S/C23H20N4O4S/c24-32(28,29)19-8-4-7-17(13-19)26-20-14-18(11-12-25-20)30-23-21(15-5-2-1-3-6-15)27-22(31-23)16-9-10-16/h1-8,11-14,16H,9-10H2,(H,25,26)(H2,24,28,29). The first-order valence-electron chi connectivity index (χ1n) is 10.1. The molecule has 1 aliphatic rings. The van der Waals surface area contributed by atoms with Crippen LogP contribution in [0.4, 0.5) is 11.5 Å². The van der Waals surface area contributed by atoms with Crippen molar-refractivity contribution in [3.05, 3.63) is 78.8 Å². The Morgan fingerprint density at radius 1 is 1.03 bits per heavy atom. The lowest BCUT2D eigenvalue weighted by atomic mass is 10.2. The van der Waals surface area contributed by atoms with E-state index in [0.717, 1.165) is 18.4 Å². The van der Waals surface area contributed by atoms with E-state index < -0.39 is 10.0 Å². The van der Waals surface area contributed by atoms with E-state index in [-0.39, 0.29) is 4.90 Å². The van der Waals surface area contributed by atoms with E-state index in [2.05, 4.69) is 15.3 Å². The minimum Gasteiger partial charge on any atom is -0.424 e. The van der Waals surface area contributed by atoms with Crippen molar-refractivity contribution in [3.8, 4) is 23.0 Å². The Hall–Kier alpha value is -3.69. The van der Waals surface area contributed by atoms with E-state index in [1.165, 1.54) is 12.1 Å². The van der Waals surface area contributed by atoms with Gasteiger partial charge in [-0.2, -0.15) is 0 Å². The molecular weight excluding hydrogens is 428 g/mol. The maximum Gasteiger partial charge on any atom is 0.319 e. The number of pyridine rings is 1. The zero-order valence-electron chi connectivity index (χ0n) is 16.9. The Bertz CT molecular complexity index is 1370. The number of ether oxygens (including phenoxy) is 1. The zero-order chi connectivity index (χ0) is 22.1. The second kappa shape index (κ2) is 8.10. The van der Waals surface area contributed by atoms with Gasteiger partial charge in [-0.05, 0) is 37.1 Å². The summed E-state index contributed by atoms with van der Waals surface area (Å²) >= 11 is 0. The fourth-order valence-electron chi connectivity index (χ4n) is 3.22. The van der Waals surface area contributed by atoms with Gasteiger partial charge in [0.05, 0.1) is 4.90 Å². The summed E-state index contributed by atoms with van der Waals surface area (Å²) in [6, 6.07) is 19.3. The van der Waals surface area contributed by atoms with Crippen LogP contribution in [0.1, 0.15) is 24.7 Å². The van der Waals surface area contributed by atoms with Crippen molar-refractivity contribution in [1.82, 2.24) is 9.97 Å². The number of hydrogen-bond acceptors (Lipinski definition) is 7. The number of nitrogens with one attached hydrogen (secondary N) is 1. The quantitative estimate of drug-likeness (QED) is 0.417. The Balaban J connectivity index is 1.41. The lowest BCUT2D eigenvalue weighted by Crippen LogP contribution is -2.12. The SMILES string of the molecule is NS(=O)(=O)c1cccc(Nc2cc(Oc3oc(C4CC4)nc3-c3ccccc3)ccn2)c1. The Morgan fingerprint density at radius 2 is 1.84 bits per heavy atom. The maximum atomic E-state index is 11.6. The van der Waals surface area contributed by atoms with Crippen LogP contribution in [-0.4, -0.2) is 18.4 Å². The highest BCUT2D eigenvalue weighted by Gasteiger charge is 2.31. The lowest BCUT2D eigenvalue weighted by Gasteiger charge is -2.09. The highest BCUT2D eigenvalue weighted by Crippen LogP contribution is 2.44. The normalized spacial score (nSPS) is 13.7. The highest BCUT2D eigenvalue weighted by atomic mass is 32.2. The molecule has 1 saturated carbocycles. The number of nitrogens with zero attached hydrogens (tertiary/aromatic N) is 2. The largest absolute Gasteiger partial charge is 0.424 e. The first-order valence-corrected chi connectivity index (χ1v) is 11.6. The van der Waals surface area contributed by atoms with Crippen LogP contribution in [0, 0.1) is 0 Å². The summed E-state index contributed by atoms with van der Waals surface area (Å²) in [5.74, 6) is 2.33. The van der Waals surface area contributed by atoms with Crippen LogP contribution in [0.3, 0.4) is 0 Å². The molecular formula is C23H20N4O4S. The van der Waals surface area contributed by atoms with Crippen molar-refractivity contribution in [1.29, 1.82) is 0 Å². The first-order chi connectivity index (χ1) is 15.5. The molecule has 162 valence electrons. The molecule has 2 aromatic carbocycles. The third-order valence-corrected chi connectivity index (χ3v) is 5.87. The molecule has 5 rings (SSSR count). The number of oxazole rings is 1. The molecule has 0 radical (unpaired) electrons. The molecule has 0 amide bonds. The fourth-order valence-corrected chi connectivity index (χ4v) is 3.78. The van der Waals surface area contributed by atoms with Gasteiger partial charge in [-0.3, -0.25) is 0 Å². The van der Waals surface area contributed by atoms with Gasteiger partial charge in [-0.1, -0.05) is 36.4 Å². The molecule has 2 aromatic heterocycles. The number of primary sulfonamides is 1. The summed E-state index contributed by atoms with van der Waals surface area (Å²) in [6.45, 7) is 0. The topological polar surface area (TPSA) is 120 Å². The van der Waals surface area contributed by atoms with E-state index in [9.17, 15) is 8.42 Å². The predicted molar refractivity (Wildman–Crippen MR) is 119 cm³/mol. The smallest absolute Gasteiger partial charge is 0.319 e. The molecule has 32 heavy (non-hydrogen) atoms. The van der Waals surface area contributed by atoms with Gasteiger partial charge in [0.25, 0.3) is 0 Å². The van der Waals surface area contributed by atoms with Gasteiger partial charge in [-0.25, -0.2) is 23.5 Å². The lowest BCUT2D eigenvalue weighted by molar-refractivity contribution is 0.331. The number of sulfonamides is 1. The summed E-state index contributed by atoms with van der Waals surface area (Å²) < 4.78 is 35.2. The highest BCUT2D eigenvalue weighted by molar-refractivity contribution is 7.89. The molecule has 0 aliphatic heterocycles. The van der Waals surface area contributed by atoms with E-state index in [4.69, 9.17) is 14.3 Å². The van der Waals surface area contributed by atoms with Crippen LogP contribution in [-0.2, 0) is 10.0 Å². The summed E-state index contributed by atoms with van der Waals surface area (Å²) in [4.78, 5) is 8.95. The molecule has 0 saturated heterocycles. The van der Waals surface area contributed by atoms with Crippen LogP contribution in [0.5, 0.6) is 11.7 Å². The van der Waals surface area contributed by atoms with Gasteiger partial charge in [0.15, 0.2) is 5.69 Å². The van der Waals surface area contributed by atoms with Crippen LogP contribution in [0.2, 0.25) is 0 Å². The van der Waals surface area contributed by atoms with Crippen LogP contribution in [0.15, 0.2) is 82.2 Å². The summed E-state index contributed by atoms with van der Waals surface area (Å²) in [5, 5.41) is 8.28. The number of rotatable bonds is 7. The number of anilines is 2. The van der Waals surface area contributed by atoms with E-state index in [0.29, 0.717) is 40.7 Å². The molecule has 0 atom stereocenters. The maximum absolute atomic E-state index is 11.6. The van der Waals surface area contributed by atoms with Crippen molar-refractivity contribution in [2.75, 3.05) is 5.32 Å². The summed E-state index contributed by atoms with van der Waals surface area (Å²) in [7, 11) is -3.80. The average molecular weight is 449 g/mol. The molecule has 1 aliphatic carbocycles. The van der Waals surface area contributed by atoms with E-state index >= 15 is 0 Å². The third-order valence-electron chi connectivity index (χ3n) is 4.96. The molecule has 8 nitrogen and oxygen atoms in total. The monoisotopic (exact) mass is 448 g/mol. The van der Waals surface area contributed by atoms with Crippen molar-refractivity contribution >= 4 is 21.5 Å². The van der Waals surface area contributed by atoms with Gasteiger partial charge in [0.2, 0.25) is 15.9 Å². The van der Waals surface area contributed by atoms with Crippen LogP contribution >= 0.6 is 0 Å². The molecule has 9 heteroatoms. The van der Waals surface area contributed by atoms with Gasteiger partial charge >= 0.3 is 5.95 Å². The molecule has 1 fully saturated rings. The summed E-state index contributed by atoms with van der Waals surface area (Å²) in [5.41, 5.74) is 2.09. The predicted octanol–water partition coefficient (Wildman–Crippen LogP) is 4.80. The Kier molecular flexibility index (Phi) is 5.12. The van der Waals surface area contributed by atoms with Crippen molar-refractivity contribution in [2.45, 2.75) is 23.7 Å². The minimum atomic E-state index is -3.80. The molecule has 3 N–H and O–H groups in total. The fraction of sp³-hybridized carbons (Fsp3) is 0.130. The first kappa shape index (κ1) is 20.2. The van der Waals surface area contributed by atoms with Crippen molar-refractivity contribution in [2.24, 2.45) is 5.14 Å². The van der Waals surface area contributed by atoms with E-state index in [1.807, 2.05) is 30.3 Å². The number of hydrogen-bond donors (Lipinski definition) is 2. The van der Waals surface area contributed by atoms with Crippen LogP contribution in [0.25, 0.3) is 11.3 Å². The Morgan fingerprint density at radius 3 is 2.59 bits per heavy atom. The molecule has 0 unspecified atom stereocenters. The third kappa shape index (κ3) is 4.48. The zero-order valence-corrected chi connectivity index (χ0v) is 17.7. The van der Waals surface area contributed by atoms with Crippen molar-refractivity contribution < 1.29 is 17.6 Å². The van der Waals surface area contributed by atoms with Gasteiger partial charge in [-0.15, -0.1) is 0 Å². The van der Waals surface area contributed by atoms with Gasteiger partial charge < -0.3 is 14.5 Å². The second-order valence-electron chi connectivity index (χ2n) is 7.51. The Labute approximate surface area is 185 Å². The molecule has 2 heterocycles. The minimum absolute atomic E-state index is 0.0108. The molecule has 4 aromatic rings. The number of aromatic nitrogens is 2. The number of nitrogens with two attached hydrogens (primary N) is 1. The number of benzene rings is 2. The van der Waals surface area contributed by atoms with Gasteiger partial charge in [0, 0.05) is 29.4 Å². The van der Waals surface area contributed by atoms with Crippen molar-refractivity contribution in [3.63, 3.8) is 0 Å². The van der Waals surface area contributed by atoms with Crippen LogP contribution < -0.4 is 15.2 Å². The summed E-state index contributed by atoms with van der Waals surface area (Å²) in [6.07, 6.45) is 3.71. The average Bonchev–Trinajstić information content (AvgIpc) is 3.55.